The third-order valence-electron chi connectivity index (χ3n) is 2.71. The van der Waals surface area contributed by atoms with E-state index in [1.54, 1.807) is 6.20 Å². The van der Waals surface area contributed by atoms with Crippen molar-refractivity contribution in [1.82, 2.24) is 5.16 Å². The maximum absolute atomic E-state index is 5.73. The molecule has 0 spiro atoms. The average molecular weight is 232 g/mol. The van der Waals surface area contributed by atoms with Crippen molar-refractivity contribution < 1.29 is 9.26 Å². The second kappa shape index (κ2) is 4.49. The van der Waals surface area contributed by atoms with Crippen molar-refractivity contribution in [2.24, 2.45) is 0 Å². The highest BCUT2D eigenvalue weighted by Gasteiger charge is 2.12. The quantitative estimate of drug-likeness (QED) is 0.883. The average Bonchev–Trinajstić information content (AvgIpc) is 2.70. The van der Waals surface area contributed by atoms with Gasteiger partial charge >= 0.3 is 0 Å². The van der Waals surface area contributed by atoms with Gasteiger partial charge in [-0.3, -0.25) is 0 Å². The molecule has 0 unspecified atom stereocenters. The summed E-state index contributed by atoms with van der Waals surface area (Å²) in [7, 11) is 0. The molecule has 17 heavy (non-hydrogen) atoms. The van der Waals surface area contributed by atoms with Gasteiger partial charge in [0.2, 0.25) is 5.88 Å². The lowest BCUT2D eigenvalue weighted by molar-refractivity contribution is 0.337. The molecule has 0 radical (unpaired) electrons. The molecule has 1 aromatic carbocycles. The molecule has 1 heterocycles. The molecule has 0 bridgehead atoms. The van der Waals surface area contributed by atoms with E-state index in [-0.39, 0.29) is 0 Å². The third-order valence-corrected chi connectivity index (χ3v) is 2.71. The van der Waals surface area contributed by atoms with E-state index in [9.17, 15) is 0 Å². The van der Waals surface area contributed by atoms with Gasteiger partial charge in [-0.1, -0.05) is 5.16 Å². The smallest absolute Gasteiger partial charge is 0.229 e. The third kappa shape index (κ3) is 2.11. The summed E-state index contributed by atoms with van der Waals surface area (Å²) in [6, 6.07) is 4.06. The largest absolute Gasteiger partial charge is 0.494 e. The Hall–Kier alpha value is -1.97. The summed E-state index contributed by atoms with van der Waals surface area (Å²) < 4.78 is 10.4. The number of aromatic nitrogens is 1. The van der Waals surface area contributed by atoms with E-state index in [1.165, 1.54) is 0 Å². The standard InChI is InChI=1S/C13H16N2O2/c1-4-16-12-6-8(2)10(5-9(12)3)11-7-15-17-13(11)14/h5-7H,4,14H2,1-3H3. The van der Waals surface area contributed by atoms with Crippen LogP contribution >= 0.6 is 0 Å². The van der Waals surface area contributed by atoms with Crippen molar-refractivity contribution in [3.63, 3.8) is 0 Å². The summed E-state index contributed by atoms with van der Waals surface area (Å²) in [5.41, 5.74) is 9.76. The molecule has 0 amide bonds. The molecule has 2 N–H and O–H groups in total. The lowest BCUT2D eigenvalue weighted by Gasteiger charge is -2.11. The van der Waals surface area contributed by atoms with Crippen molar-refractivity contribution in [3.8, 4) is 16.9 Å². The van der Waals surface area contributed by atoms with Crippen LogP contribution in [0.5, 0.6) is 5.75 Å². The van der Waals surface area contributed by atoms with Gasteiger partial charge < -0.3 is 15.0 Å². The predicted octanol–water partition coefficient (Wildman–Crippen LogP) is 2.94. The van der Waals surface area contributed by atoms with Crippen molar-refractivity contribution in [2.45, 2.75) is 20.8 Å². The Kier molecular flexibility index (Phi) is 3.04. The summed E-state index contributed by atoms with van der Waals surface area (Å²) in [5, 5.41) is 3.70. The van der Waals surface area contributed by atoms with Gasteiger partial charge in [-0.2, -0.15) is 0 Å². The number of rotatable bonds is 3. The number of nitrogens with zero attached hydrogens (tertiary/aromatic N) is 1. The SMILES string of the molecule is CCOc1cc(C)c(-c2cnoc2N)cc1C. The van der Waals surface area contributed by atoms with E-state index < -0.39 is 0 Å². The van der Waals surface area contributed by atoms with Crippen molar-refractivity contribution in [3.05, 3.63) is 29.5 Å². The second-order valence-corrected chi connectivity index (χ2v) is 3.97. The molecule has 0 saturated heterocycles. The number of ether oxygens (including phenoxy) is 1. The maximum atomic E-state index is 5.73. The number of aryl methyl sites for hydroxylation is 2. The van der Waals surface area contributed by atoms with E-state index in [1.807, 2.05) is 32.9 Å². The Balaban J connectivity index is 2.50. The zero-order valence-corrected chi connectivity index (χ0v) is 10.3. The minimum absolute atomic E-state index is 0.344. The Labute approximate surface area is 100 Å². The molecule has 2 rings (SSSR count). The molecule has 1 aromatic heterocycles. The topological polar surface area (TPSA) is 61.3 Å². The van der Waals surface area contributed by atoms with Crippen molar-refractivity contribution in [1.29, 1.82) is 0 Å². The highest BCUT2D eigenvalue weighted by molar-refractivity contribution is 5.75. The number of nitrogens with two attached hydrogens (primary N) is 1. The van der Waals surface area contributed by atoms with Crippen LogP contribution in [0.4, 0.5) is 5.88 Å². The normalized spacial score (nSPS) is 10.5. The van der Waals surface area contributed by atoms with Gasteiger partial charge in [0.15, 0.2) is 0 Å². The van der Waals surface area contributed by atoms with Crippen LogP contribution < -0.4 is 10.5 Å². The van der Waals surface area contributed by atoms with Gasteiger partial charge in [0.25, 0.3) is 0 Å². The summed E-state index contributed by atoms with van der Waals surface area (Å²) in [6.07, 6.45) is 1.64. The summed E-state index contributed by atoms with van der Waals surface area (Å²) in [6.45, 7) is 6.66. The van der Waals surface area contributed by atoms with Crippen molar-refractivity contribution in [2.75, 3.05) is 12.3 Å². The molecule has 2 aromatic rings. The lowest BCUT2D eigenvalue weighted by Crippen LogP contribution is -1.96. The molecule has 90 valence electrons. The Morgan fingerprint density at radius 2 is 2.00 bits per heavy atom. The number of hydrogen-bond donors (Lipinski definition) is 1. The van der Waals surface area contributed by atoms with Crippen LogP contribution in [-0.2, 0) is 0 Å². The first-order valence-electron chi connectivity index (χ1n) is 5.58. The number of anilines is 1. The van der Waals surface area contributed by atoms with E-state index in [0.717, 1.165) is 28.0 Å². The van der Waals surface area contributed by atoms with Crippen LogP contribution in [0.2, 0.25) is 0 Å². The minimum Gasteiger partial charge on any atom is -0.494 e. The molecule has 0 aliphatic heterocycles. The second-order valence-electron chi connectivity index (χ2n) is 3.97. The zero-order chi connectivity index (χ0) is 12.4. The van der Waals surface area contributed by atoms with Gasteiger partial charge in [-0.05, 0) is 49.6 Å². The van der Waals surface area contributed by atoms with Crippen LogP contribution in [0.1, 0.15) is 18.1 Å². The van der Waals surface area contributed by atoms with Crippen molar-refractivity contribution >= 4 is 5.88 Å². The van der Waals surface area contributed by atoms with E-state index in [0.29, 0.717) is 12.5 Å². The highest BCUT2D eigenvalue weighted by Crippen LogP contribution is 2.33. The molecule has 0 saturated carbocycles. The summed E-state index contributed by atoms with van der Waals surface area (Å²) in [4.78, 5) is 0. The molecule has 0 aliphatic carbocycles. The Morgan fingerprint density at radius 3 is 2.59 bits per heavy atom. The molecule has 4 nitrogen and oxygen atoms in total. The van der Waals surface area contributed by atoms with Crippen LogP contribution in [0.25, 0.3) is 11.1 Å². The highest BCUT2D eigenvalue weighted by atomic mass is 16.5. The van der Waals surface area contributed by atoms with Crippen LogP contribution in [0, 0.1) is 13.8 Å². The van der Waals surface area contributed by atoms with Gasteiger partial charge in [0, 0.05) is 0 Å². The first kappa shape index (κ1) is 11.5. The van der Waals surface area contributed by atoms with E-state index in [4.69, 9.17) is 15.0 Å². The Morgan fingerprint density at radius 1 is 1.24 bits per heavy atom. The van der Waals surface area contributed by atoms with E-state index in [2.05, 4.69) is 5.16 Å². The summed E-state index contributed by atoms with van der Waals surface area (Å²) in [5.74, 6) is 1.25. The monoisotopic (exact) mass is 232 g/mol. The fraction of sp³-hybridized carbons (Fsp3) is 0.308. The van der Waals surface area contributed by atoms with Gasteiger partial charge in [-0.15, -0.1) is 0 Å². The van der Waals surface area contributed by atoms with Gasteiger partial charge in [-0.25, -0.2) is 0 Å². The predicted molar refractivity (Wildman–Crippen MR) is 67.0 cm³/mol. The minimum atomic E-state index is 0.344. The fourth-order valence-electron chi connectivity index (χ4n) is 1.84. The van der Waals surface area contributed by atoms with Gasteiger partial charge in [0.1, 0.15) is 5.75 Å². The van der Waals surface area contributed by atoms with Crippen LogP contribution in [0.15, 0.2) is 22.9 Å². The molecule has 4 heteroatoms. The number of benzene rings is 1. The Bertz CT molecular complexity index is 532. The zero-order valence-electron chi connectivity index (χ0n) is 10.3. The lowest BCUT2D eigenvalue weighted by atomic mass is 10.00. The fourth-order valence-corrected chi connectivity index (χ4v) is 1.84. The molecular weight excluding hydrogens is 216 g/mol. The first-order chi connectivity index (χ1) is 8.13. The molecular formula is C13H16N2O2. The molecule has 0 aliphatic rings. The van der Waals surface area contributed by atoms with Crippen LogP contribution in [0.3, 0.4) is 0 Å². The number of hydrogen-bond acceptors (Lipinski definition) is 4. The van der Waals surface area contributed by atoms with Gasteiger partial charge in [0.05, 0.1) is 18.4 Å². The number of nitrogen functional groups attached to an aromatic ring is 1. The van der Waals surface area contributed by atoms with Crippen LogP contribution in [-0.4, -0.2) is 11.8 Å². The summed E-state index contributed by atoms with van der Waals surface area (Å²) >= 11 is 0. The first-order valence-corrected chi connectivity index (χ1v) is 5.58. The molecule has 0 fully saturated rings. The molecule has 0 atom stereocenters. The maximum Gasteiger partial charge on any atom is 0.229 e. The van der Waals surface area contributed by atoms with E-state index >= 15 is 0 Å².